The van der Waals surface area contributed by atoms with Gasteiger partial charge in [-0.3, -0.25) is 4.79 Å². The molecule has 4 heteroatoms. The monoisotopic (exact) mass is 262 g/mol. The van der Waals surface area contributed by atoms with Gasteiger partial charge in [0.05, 0.1) is 6.61 Å². The molecule has 1 aliphatic rings. The Labute approximate surface area is 114 Å². The summed E-state index contributed by atoms with van der Waals surface area (Å²) in [6.07, 6.45) is 3.01. The highest BCUT2D eigenvalue weighted by molar-refractivity contribution is 5.79. The molecule has 0 aromatic heterocycles. The Balaban J connectivity index is 1.69. The predicted octanol–water partition coefficient (Wildman–Crippen LogP) is 2.30. The summed E-state index contributed by atoms with van der Waals surface area (Å²) in [7, 11) is 0. The molecule has 1 aliphatic heterocycles. The van der Waals surface area contributed by atoms with Crippen LogP contribution in [0.2, 0.25) is 0 Å². The van der Waals surface area contributed by atoms with Crippen molar-refractivity contribution in [2.24, 2.45) is 5.92 Å². The number of ether oxygens (including phenoxy) is 1. The molecule has 4 nitrogen and oxygen atoms in total. The first-order chi connectivity index (χ1) is 9.16. The van der Waals surface area contributed by atoms with E-state index in [2.05, 4.69) is 0 Å². The number of nitrogens with zero attached hydrogens (tertiary/aromatic N) is 1. The highest BCUT2D eigenvalue weighted by Gasteiger charge is 2.24. The van der Waals surface area contributed by atoms with Crippen molar-refractivity contribution in [3.05, 3.63) is 24.3 Å². The molecule has 19 heavy (non-hydrogen) atoms. The average molecular weight is 262 g/mol. The van der Waals surface area contributed by atoms with Crippen LogP contribution in [0, 0.1) is 5.92 Å². The molecule has 1 aromatic rings. The summed E-state index contributed by atoms with van der Waals surface area (Å²) in [6.45, 7) is 4.32. The zero-order valence-corrected chi connectivity index (χ0v) is 11.5. The number of hydrogen-bond acceptors (Lipinski definition) is 3. The number of carbonyl (C=O) groups is 1. The van der Waals surface area contributed by atoms with Crippen LogP contribution < -0.4 is 10.5 Å². The molecule has 1 amide bonds. The van der Waals surface area contributed by atoms with Gasteiger partial charge >= 0.3 is 0 Å². The lowest BCUT2D eigenvalue weighted by Gasteiger charge is -2.30. The molecule has 2 rings (SSSR count). The van der Waals surface area contributed by atoms with E-state index in [9.17, 15) is 4.79 Å². The first-order valence-electron chi connectivity index (χ1n) is 6.94. The first-order valence-corrected chi connectivity index (χ1v) is 6.94. The second-order valence-corrected chi connectivity index (χ2v) is 5.14. The molecule has 0 saturated carbocycles. The Kier molecular flexibility index (Phi) is 4.66. The number of carbonyl (C=O) groups excluding carboxylic acids is 1. The van der Waals surface area contributed by atoms with E-state index in [4.69, 9.17) is 10.5 Å². The highest BCUT2D eigenvalue weighted by atomic mass is 16.5. The molecule has 1 atom stereocenters. The van der Waals surface area contributed by atoms with Crippen molar-refractivity contribution < 1.29 is 9.53 Å². The number of anilines is 1. The van der Waals surface area contributed by atoms with Crippen LogP contribution in [0.25, 0.3) is 0 Å². The van der Waals surface area contributed by atoms with E-state index in [1.807, 2.05) is 36.1 Å². The summed E-state index contributed by atoms with van der Waals surface area (Å²) in [5.41, 5.74) is 6.34. The quantitative estimate of drug-likeness (QED) is 0.654. The molecule has 1 unspecified atom stereocenters. The number of hydrogen-bond donors (Lipinski definition) is 1. The number of rotatable bonds is 5. The molecule has 0 aliphatic carbocycles. The predicted molar refractivity (Wildman–Crippen MR) is 75.9 cm³/mol. The smallest absolute Gasteiger partial charge is 0.225 e. The molecule has 104 valence electrons. The summed E-state index contributed by atoms with van der Waals surface area (Å²) in [5, 5.41) is 0. The van der Waals surface area contributed by atoms with Crippen LogP contribution in [-0.4, -0.2) is 30.5 Å². The Morgan fingerprint density at radius 3 is 2.84 bits per heavy atom. The highest BCUT2D eigenvalue weighted by Crippen LogP contribution is 2.17. The SMILES string of the molecule is CC1CCCN(CCCOc2ccc(N)cc2)C1=O. The van der Waals surface area contributed by atoms with Crippen LogP contribution in [0.1, 0.15) is 26.2 Å². The van der Waals surface area contributed by atoms with Gasteiger partial charge in [-0.1, -0.05) is 6.92 Å². The van der Waals surface area contributed by atoms with Crippen LogP contribution >= 0.6 is 0 Å². The number of piperidine rings is 1. The minimum atomic E-state index is 0.187. The van der Waals surface area contributed by atoms with E-state index in [1.54, 1.807) is 0 Å². The summed E-state index contributed by atoms with van der Waals surface area (Å²) in [6, 6.07) is 7.38. The number of benzene rings is 1. The molecule has 0 radical (unpaired) electrons. The molecule has 0 bridgehead atoms. The lowest BCUT2D eigenvalue weighted by Crippen LogP contribution is -2.41. The Hall–Kier alpha value is -1.71. The minimum absolute atomic E-state index is 0.187. The molecule has 2 N–H and O–H groups in total. The molecular formula is C15H22N2O2. The normalized spacial score (nSPS) is 19.5. The Morgan fingerprint density at radius 2 is 2.11 bits per heavy atom. The van der Waals surface area contributed by atoms with Gasteiger partial charge in [0.15, 0.2) is 0 Å². The molecule has 1 saturated heterocycles. The molecule has 0 spiro atoms. The van der Waals surface area contributed by atoms with Gasteiger partial charge in [-0.05, 0) is 43.5 Å². The number of nitrogens with two attached hydrogens (primary N) is 1. The Bertz CT molecular complexity index is 417. The molecule has 1 fully saturated rings. The topological polar surface area (TPSA) is 55.6 Å². The van der Waals surface area contributed by atoms with Crippen molar-refractivity contribution in [2.45, 2.75) is 26.2 Å². The van der Waals surface area contributed by atoms with E-state index in [0.29, 0.717) is 12.5 Å². The second-order valence-electron chi connectivity index (χ2n) is 5.14. The zero-order chi connectivity index (χ0) is 13.7. The van der Waals surface area contributed by atoms with Crippen LogP contribution in [-0.2, 0) is 4.79 Å². The van der Waals surface area contributed by atoms with Gasteiger partial charge in [-0.25, -0.2) is 0 Å². The summed E-state index contributed by atoms with van der Waals surface area (Å²) >= 11 is 0. The third-order valence-electron chi connectivity index (χ3n) is 3.52. The van der Waals surface area contributed by atoms with Gasteiger partial charge in [0.25, 0.3) is 0 Å². The lowest BCUT2D eigenvalue weighted by molar-refractivity contribution is -0.137. The average Bonchev–Trinajstić information content (AvgIpc) is 2.41. The number of likely N-dealkylation sites (tertiary alicyclic amines) is 1. The fourth-order valence-corrected chi connectivity index (χ4v) is 2.37. The number of amides is 1. The first kappa shape index (κ1) is 13.7. The zero-order valence-electron chi connectivity index (χ0n) is 11.5. The van der Waals surface area contributed by atoms with E-state index in [0.717, 1.165) is 43.8 Å². The van der Waals surface area contributed by atoms with Gasteiger partial charge < -0.3 is 15.4 Å². The van der Waals surface area contributed by atoms with E-state index in [-0.39, 0.29) is 5.92 Å². The van der Waals surface area contributed by atoms with Crippen molar-refractivity contribution in [1.82, 2.24) is 4.90 Å². The second kappa shape index (κ2) is 6.45. The third kappa shape index (κ3) is 3.88. The van der Waals surface area contributed by atoms with Crippen LogP contribution in [0.3, 0.4) is 0 Å². The van der Waals surface area contributed by atoms with Gasteiger partial charge in [0.1, 0.15) is 5.75 Å². The van der Waals surface area contributed by atoms with E-state index in [1.165, 1.54) is 0 Å². The van der Waals surface area contributed by atoms with Crippen LogP contribution in [0.4, 0.5) is 5.69 Å². The molecule has 1 heterocycles. The van der Waals surface area contributed by atoms with Gasteiger partial charge in [-0.15, -0.1) is 0 Å². The maximum absolute atomic E-state index is 11.9. The van der Waals surface area contributed by atoms with Crippen molar-refractivity contribution in [3.8, 4) is 5.75 Å². The number of nitrogen functional groups attached to an aromatic ring is 1. The minimum Gasteiger partial charge on any atom is -0.494 e. The molecular weight excluding hydrogens is 240 g/mol. The van der Waals surface area contributed by atoms with Crippen molar-refractivity contribution in [3.63, 3.8) is 0 Å². The maximum atomic E-state index is 11.9. The van der Waals surface area contributed by atoms with Gasteiger partial charge in [0.2, 0.25) is 5.91 Å². The summed E-state index contributed by atoms with van der Waals surface area (Å²) in [4.78, 5) is 13.9. The summed E-state index contributed by atoms with van der Waals surface area (Å²) in [5.74, 6) is 1.30. The van der Waals surface area contributed by atoms with Gasteiger partial charge in [0, 0.05) is 24.7 Å². The van der Waals surface area contributed by atoms with Crippen LogP contribution in [0.5, 0.6) is 5.75 Å². The van der Waals surface area contributed by atoms with Crippen molar-refractivity contribution in [2.75, 3.05) is 25.4 Å². The van der Waals surface area contributed by atoms with E-state index < -0.39 is 0 Å². The molecule has 1 aromatic carbocycles. The lowest BCUT2D eigenvalue weighted by atomic mass is 9.99. The summed E-state index contributed by atoms with van der Waals surface area (Å²) < 4.78 is 5.62. The van der Waals surface area contributed by atoms with Crippen molar-refractivity contribution in [1.29, 1.82) is 0 Å². The maximum Gasteiger partial charge on any atom is 0.225 e. The Morgan fingerprint density at radius 1 is 1.37 bits per heavy atom. The van der Waals surface area contributed by atoms with Crippen LogP contribution in [0.15, 0.2) is 24.3 Å². The fourth-order valence-electron chi connectivity index (χ4n) is 2.37. The standard InChI is InChI=1S/C15H22N2O2/c1-12-4-2-9-17(15(12)18)10-3-11-19-14-7-5-13(16)6-8-14/h5-8,12H,2-4,9-11,16H2,1H3. The van der Waals surface area contributed by atoms with Gasteiger partial charge in [-0.2, -0.15) is 0 Å². The third-order valence-corrected chi connectivity index (χ3v) is 3.52. The fraction of sp³-hybridized carbons (Fsp3) is 0.533. The largest absolute Gasteiger partial charge is 0.494 e. The van der Waals surface area contributed by atoms with E-state index >= 15 is 0 Å². The van der Waals surface area contributed by atoms with Crippen molar-refractivity contribution >= 4 is 11.6 Å².